The van der Waals surface area contributed by atoms with Crippen molar-refractivity contribution in [2.45, 2.75) is 61.8 Å². The van der Waals surface area contributed by atoms with E-state index in [9.17, 15) is 4.79 Å². The number of hydrogen-bond acceptors (Lipinski definition) is 1. The second kappa shape index (κ2) is 11.5. The average molecular weight is 276 g/mol. The first-order chi connectivity index (χ1) is 9.29. The molecule has 0 saturated carbocycles. The first-order valence-corrected chi connectivity index (χ1v) is 7.57. The Labute approximate surface area is 126 Å². The van der Waals surface area contributed by atoms with Gasteiger partial charge < -0.3 is 0 Å². The van der Waals surface area contributed by atoms with Crippen molar-refractivity contribution in [3.63, 3.8) is 0 Å². The number of carbonyl (C=O) groups excluding carboxylic acids is 1. The lowest BCUT2D eigenvalue weighted by molar-refractivity contribution is 0.101. The summed E-state index contributed by atoms with van der Waals surface area (Å²) in [7, 11) is 0. The van der Waals surface area contributed by atoms with Gasteiger partial charge in [0.05, 0.1) is 0 Å². The van der Waals surface area contributed by atoms with Crippen molar-refractivity contribution in [1.29, 1.82) is 0 Å². The SMILES string of the molecule is C=C(C)c1cc(C)ccc1C(C)=O.CC.CCC(C)C. The van der Waals surface area contributed by atoms with E-state index in [1.165, 1.54) is 6.42 Å². The van der Waals surface area contributed by atoms with E-state index in [0.717, 1.165) is 28.2 Å². The maximum atomic E-state index is 11.2. The summed E-state index contributed by atoms with van der Waals surface area (Å²) < 4.78 is 0. The Morgan fingerprint density at radius 3 is 1.90 bits per heavy atom. The van der Waals surface area contributed by atoms with Crippen LogP contribution in [0, 0.1) is 12.8 Å². The third-order valence-corrected chi connectivity index (χ3v) is 2.83. The predicted molar refractivity (Wildman–Crippen MR) is 92.4 cm³/mol. The summed E-state index contributed by atoms with van der Waals surface area (Å²) in [6.07, 6.45) is 1.31. The van der Waals surface area contributed by atoms with E-state index in [4.69, 9.17) is 0 Å². The molecule has 0 aliphatic rings. The Kier molecular flexibility index (Phi) is 12.0. The number of Topliss-reactive ketones (excluding diaryl/α,β-unsaturated/α-hetero) is 1. The predicted octanol–water partition coefficient (Wildman–Crippen LogP) is 6.31. The highest BCUT2D eigenvalue weighted by Gasteiger charge is 2.06. The number of benzene rings is 1. The third-order valence-electron chi connectivity index (χ3n) is 2.83. The molecule has 1 nitrogen and oxygen atoms in total. The Morgan fingerprint density at radius 2 is 1.60 bits per heavy atom. The Bertz CT molecular complexity index is 414. The second-order valence-electron chi connectivity index (χ2n) is 5.19. The van der Waals surface area contributed by atoms with Crippen LogP contribution in [-0.4, -0.2) is 5.78 Å². The summed E-state index contributed by atoms with van der Waals surface area (Å²) in [4.78, 5) is 11.2. The van der Waals surface area contributed by atoms with Gasteiger partial charge in [-0.15, -0.1) is 0 Å². The van der Waals surface area contributed by atoms with Crippen molar-refractivity contribution in [3.8, 4) is 0 Å². The largest absolute Gasteiger partial charge is 0.294 e. The van der Waals surface area contributed by atoms with Crippen molar-refractivity contribution in [1.82, 2.24) is 0 Å². The van der Waals surface area contributed by atoms with Gasteiger partial charge in [-0.1, -0.05) is 77.0 Å². The first-order valence-electron chi connectivity index (χ1n) is 7.57. The number of hydrogen-bond donors (Lipinski definition) is 0. The molecule has 0 aliphatic carbocycles. The zero-order valence-corrected chi connectivity index (χ0v) is 14.6. The van der Waals surface area contributed by atoms with E-state index in [1.54, 1.807) is 6.92 Å². The summed E-state index contributed by atoms with van der Waals surface area (Å²) in [5.41, 5.74) is 3.82. The molecule has 0 aromatic heterocycles. The quantitative estimate of drug-likeness (QED) is 0.591. The Balaban J connectivity index is 0. The standard InChI is InChI=1S/C12H14O.C5H12.C2H6/c1-8(2)12-7-9(3)5-6-11(12)10(4)13;1-4-5(2)3;1-2/h5-7H,1H2,2-4H3;5H,4H2,1-3H3;1-2H3. The minimum Gasteiger partial charge on any atom is -0.294 e. The zero-order valence-electron chi connectivity index (χ0n) is 14.6. The van der Waals surface area contributed by atoms with E-state index in [-0.39, 0.29) is 5.78 Å². The van der Waals surface area contributed by atoms with Crippen molar-refractivity contribution < 1.29 is 4.79 Å². The molecule has 0 spiro atoms. The van der Waals surface area contributed by atoms with Crippen LogP contribution in [0.2, 0.25) is 0 Å². The van der Waals surface area contributed by atoms with Crippen molar-refractivity contribution in [3.05, 3.63) is 41.5 Å². The van der Waals surface area contributed by atoms with Crippen LogP contribution in [0.5, 0.6) is 0 Å². The maximum absolute atomic E-state index is 11.2. The number of allylic oxidation sites excluding steroid dienone is 1. The first kappa shape index (κ1) is 20.9. The fourth-order valence-electron chi connectivity index (χ4n) is 1.32. The molecular weight excluding hydrogens is 244 g/mol. The zero-order chi connectivity index (χ0) is 16.3. The monoisotopic (exact) mass is 276 g/mol. The lowest BCUT2D eigenvalue weighted by Crippen LogP contribution is -1.97. The molecule has 1 heteroatoms. The molecule has 0 saturated heterocycles. The highest BCUT2D eigenvalue weighted by atomic mass is 16.1. The van der Waals surface area contributed by atoms with Crippen LogP contribution in [0.3, 0.4) is 0 Å². The van der Waals surface area contributed by atoms with Crippen molar-refractivity contribution in [2.75, 3.05) is 0 Å². The van der Waals surface area contributed by atoms with Crippen LogP contribution in [0.15, 0.2) is 24.8 Å². The van der Waals surface area contributed by atoms with E-state index >= 15 is 0 Å². The minimum absolute atomic E-state index is 0.0954. The van der Waals surface area contributed by atoms with E-state index in [2.05, 4.69) is 27.4 Å². The second-order valence-corrected chi connectivity index (χ2v) is 5.19. The maximum Gasteiger partial charge on any atom is 0.160 e. The van der Waals surface area contributed by atoms with E-state index in [0.29, 0.717) is 0 Å². The molecule has 1 aromatic rings. The lowest BCUT2D eigenvalue weighted by atomic mass is 9.97. The molecule has 1 rings (SSSR count). The number of ketones is 1. The molecule has 0 bridgehead atoms. The molecule has 0 atom stereocenters. The molecule has 1 aromatic carbocycles. The molecule has 0 N–H and O–H groups in total. The third kappa shape index (κ3) is 8.68. The number of carbonyl (C=O) groups is 1. The van der Waals surface area contributed by atoms with Gasteiger partial charge in [-0.3, -0.25) is 4.79 Å². The highest BCUT2D eigenvalue weighted by molar-refractivity contribution is 5.98. The van der Waals surface area contributed by atoms with Gasteiger partial charge in [0.1, 0.15) is 0 Å². The van der Waals surface area contributed by atoms with Crippen molar-refractivity contribution >= 4 is 11.4 Å². The van der Waals surface area contributed by atoms with E-state index in [1.807, 2.05) is 45.9 Å². The molecular formula is C19H32O. The molecule has 114 valence electrons. The van der Waals surface area contributed by atoms with Crippen LogP contribution in [0.1, 0.15) is 76.4 Å². The van der Waals surface area contributed by atoms with Crippen LogP contribution in [-0.2, 0) is 0 Å². The van der Waals surface area contributed by atoms with Crippen molar-refractivity contribution in [2.24, 2.45) is 5.92 Å². The van der Waals surface area contributed by atoms with Gasteiger partial charge in [0.15, 0.2) is 5.78 Å². The summed E-state index contributed by atoms with van der Waals surface area (Å²) >= 11 is 0. The molecule has 0 fully saturated rings. The normalized spacial score (nSPS) is 9.05. The summed E-state index contributed by atoms with van der Waals surface area (Å²) in [6, 6.07) is 5.81. The van der Waals surface area contributed by atoms with Gasteiger partial charge in [-0.25, -0.2) is 0 Å². The fourth-order valence-corrected chi connectivity index (χ4v) is 1.32. The molecule has 0 heterocycles. The van der Waals surface area contributed by atoms with E-state index < -0.39 is 0 Å². The van der Waals surface area contributed by atoms with Gasteiger partial charge in [-0.05, 0) is 32.3 Å². The fraction of sp³-hybridized carbons (Fsp3) is 0.526. The molecule has 0 unspecified atom stereocenters. The molecule has 0 aliphatic heterocycles. The molecule has 0 radical (unpaired) electrons. The van der Waals surface area contributed by atoms with Crippen LogP contribution < -0.4 is 0 Å². The Hall–Kier alpha value is -1.37. The number of rotatable bonds is 3. The summed E-state index contributed by atoms with van der Waals surface area (Å²) in [5.74, 6) is 0.980. The van der Waals surface area contributed by atoms with Crippen LogP contribution >= 0.6 is 0 Å². The van der Waals surface area contributed by atoms with Gasteiger partial charge in [0, 0.05) is 5.56 Å². The molecule has 0 amide bonds. The van der Waals surface area contributed by atoms with Gasteiger partial charge in [0.25, 0.3) is 0 Å². The Morgan fingerprint density at radius 1 is 1.15 bits per heavy atom. The summed E-state index contributed by atoms with van der Waals surface area (Å²) in [5, 5.41) is 0. The van der Waals surface area contributed by atoms with Crippen LogP contribution in [0.4, 0.5) is 0 Å². The van der Waals surface area contributed by atoms with Gasteiger partial charge in [0.2, 0.25) is 0 Å². The highest BCUT2D eigenvalue weighted by Crippen LogP contribution is 2.19. The van der Waals surface area contributed by atoms with Gasteiger partial charge in [-0.2, -0.15) is 0 Å². The average Bonchev–Trinajstić information content (AvgIpc) is 2.41. The topological polar surface area (TPSA) is 17.1 Å². The smallest absolute Gasteiger partial charge is 0.160 e. The molecule has 20 heavy (non-hydrogen) atoms. The summed E-state index contributed by atoms with van der Waals surface area (Å²) in [6.45, 7) is 20.0. The van der Waals surface area contributed by atoms with Gasteiger partial charge >= 0.3 is 0 Å². The van der Waals surface area contributed by atoms with Crippen LogP contribution in [0.25, 0.3) is 5.57 Å². The minimum atomic E-state index is 0.0954. The lowest BCUT2D eigenvalue weighted by Gasteiger charge is -2.07. The number of aryl methyl sites for hydroxylation is 1.